The minimum absolute atomic E-state index is 0.208. The molecule has 0 aliphatic rings. The van der Waals surface area contributed by atoms with Gasteiger partial charge in [0.05, 0.1) is 5.56 Å². The second kappa shape index (κ2) is 6.05. The Kier molecular flexibility index (Phi) is 4.96. The fourth-order valence-electron chi connectivity index (χ4n) is 1.81. The van der Waals surface area contributed by atoms with Crippen molar-refractivity contribution in [1.29, 1.82) is 0 Å². The van der Waals surface area contributed by atoms with Crippen LogP contribution in [-0.4, -0.2) is 13.1 Å². The van der Waals surface area contributed by atoms with Crippen LogP contribution in [0.25, 0.3) is 0 Å². The topological polar surface area (TPSA) is 12.0 Å². The third-order valence-corrected chi connectivity index (χ3v) is 2.77. The molecular formula is C14H18F3N. The fourth-order valence-corrected chi connectivity index (χ4v) is 1.81. The Bertz CT molecular complexity index is 392. The molecule has 100 valence electrons. The zero-order valence-corrected chi connectivity index (χ0v) is 10.6. The van der Waals surface area contributed by atoms with Gasteiger partial charge in [-0.1, -0.05) is 17.7 Å². The Balaban J connectivity index is 2.71. The van der Waals surface area contributed by atoms with Gasteiger partial charge in [-0.15, -0.1) is 6.58 Å². The van der Waals surface area contributed by atoms with Gasteiger partial charge in [0.2, 0.25) is 0 Å². The molecule has 0 saturated heterocycles. The maximum absolute atomic E-state index is 12.4. The molecular weight excluding hydrogens is 239 g/mol. The molecule has 1 rings (SSSR count). The van der Waals surface area contributed by atoms with Crippen molar-refractivity contribution in [3.8, 4) is 0 Å². The van der Waals surface area contributed by atoms with Gasteiger partial charge in [0.1, 0.15) is 0 Å². The summed E-state index contributed by atoms with van der Waals surface area (Å²) < 4.78 is 37.2. The minimum Gasteiger partial charge on any atom is -0.316 e. The van der Waals surface area contributed by atoms with E-state index in [1.807, 2.05) is 14.0 Å². The predicted molar refractivity (Wildman–Crippen MR) is 67.4 cm³/mol. The van der Waals surface area contributed by atoms with Crippen molar-refractivity contribution in [2.45, 2.75) is 32.0 Å². The summed E-state index contributed by atoms with van der Waals surface area (Å²) in [5, 5.41) is 3.14. The van der Waals surface area contributed by atoms with Gasteiger partial charge in [0, 0.05) is 6.04 Å². The van der Waals surface area contributed by atoms with Crippen molar-refractivity contribution in [3.05, 3.63) is 47.5 Å². The summed E-state index contributed by atoms with van der Waals surface area (Å²) in [5.41, 5.74) is 1.34. The maximum atomic E-state index is 12.4. The van der Waals surface area contributed by atoms with E-state index in [9.17, 15) is 13.2 Å². The van der Waals surface area contributed by atoms with E-state index in [4.69, 9.17) is 0 Å². The van der Waals surface area contributed by atoms with Crippen molar-refractivity contribution >= 4 is 0 Å². The normalized spacial score (nSPS) is 13.4. The summed E-state index contributed by atoms with van der Waals surface area (Å²) in [6.45, 7) is 5.78. The van der Waals surface area contributed by atoms with Crippen LogP contribution in [0.4, 0.5) is 13.2 Å². The minimum atomic E-state index is -4.27. The molecule has 0 aliphatic carbocycles. The van der Waals surface area contributed by atoms with Gasteiger partial charge < -0.3 is 5.32 Å². The van der Waals surface area contributed by atoms with Gasteiger partial charge >= 0.3 is 6.18 Å². The smallest absolute Gasteiger partial charge is 0.316 e. The number of rotatable bonds is 5. The van der Waals surface area contributed by atoms with Crippen LogP contribution < -0.4 is 5.32 Å². The molecule has 4 heteroatoms. The van der Waals surface area contributed by atoms with Gasteiger partial charge in [-0.2, -0.15) is 13.2 Å². The number of nitrogens with one attached hydrogen (secondary N) is 1. The highest BCUT2D eigenvalue weighted by Gasteiger charge is 2.29. The van der Waals surface area contributed by atoms with E-state index in [0.29, 0.717) is 6.42 Å². The van der Waals surface area contributed by atoms with Crippen molar-refractivity contribution in [2.75, 3.05) is 7.05 Å². The van der Waals surface area contributed by atoms with E-state index in [2.05, 4.69) is 11.9 Å². The summed E-state index contributed by atoms with van der Waals surface area (Å²) in [4.78, 5) is 0. The number of hydrogen-bond donors (Lipinski definition) is 1. The zero-order valence-electron chi connectivity index (χ0n) is 10.6. The second-order valence-electron chi connectivity index (χ2n) is 4.55. The third kappa shape index (κ3) is 4.53. The molecule has 0 fully saturated rings. The van der Waals surface area contributed by atoms with Gasteiger partial charge in [0.25, 0.3) is 0 Å². The van der Waals surface area contributed by atoms with Crippen molar-refractivity contribution in [3.63, 3.8) is 0 Å². The SMILES string of the molecule is C=C(C)CC(Cc1ccc(C(F)(F)F)cc1)NC. The number of alkyl halides is 3. The lowest BCUT2D eigenvalue weighted by Gasteiger charge is -2.16. The highest BCUT2D eigenvalue weighted by Crippen LogP contribution is 2.29. The summed E-state index contributed by atoms with van der Waals surface area (Å²) in [6.07, 6.45) is -2.75. The summed E-state index contributed by atoms with van der Waals surface area (Å²) in [5.74, 6) is 0. The monoisotopic (exact) mass is 257 g/mol. The molecule has 18 heavy (non-hydrogen) atoms. The summed E-state index contributed by atoms with van der Waals surface area (Å²) >= 11 is 0. The van der Waals surface area contributed by atoms with Crippen LogP contribution in [0.15, 0.2) is 36.4 Å². The third-order valence-electron chi connectivity index (χ3n) is 2.77. The van der Waals surface area contributed by atoms with Crippen molar-refractivity contribution in [2.24, 2.45) is 0 Å². The molecule has 0 saturated carbocycles. The van der Waals surface area contributed by atoms with Gasteiger partial charge in [0.15, 0.2) is 0 Å². The van der Waals surface area contributed by atoms with Crippen LogP contribution in [0.1, 0.15) is 24.5 Å². The van der Waals surface area contributed by atoms with E-state index in [-0.39, 0.29) is 6.04 Å². The molecule has 1 aromatic rings. The maximum Gasteiger partial charge on any atom is 0.416 e. The number of halogens is 3. The van der Waals surface area contributed by atoms with E-state index in [1.165, 1.54) is 12.1 Å². The van der Waals surface area contributed by atoms with Gasteiger partial charge in [-0.3, -0.25) is 0 Å². The fraction of sp³-hybridized carbons (Fsp3) is 0.429. The Labute approximate surface area is 106 Å². The molecule has 0 heterocycles. The van der Waals surface area contributed by atoms with Crippen LogP contribution in [0.5, 0.6) is 0 Å². The van der Waals surface area contributed by atoms with E-state index < -0.39 is 11.7 Å². The highest BCUT2D eigenvalue weighted by atomic mass is 19.4. The Hall–Kier alpha value is -1.29. The molecule has 0 aliphatic heterocycles. The molecule has 0 amide bonds. The largest absolute Gasteiger partial charge is 0.416 e. The molecule has 0 aromatic heterocycles. The van der Waals surface area contributed by atoms with E-state index in [1.54, 1.807) is 0 Å². The molecule has 0 bridgehead atoms. The molecule has 1 nitrogen and oxygen atoms in total. The Morgan fingerprint density at radius 3 is 2.22 bits per heavy atom. The molecule has 1 N–H and O–H groups in total. The first kappa shape index (κ1) is 14.8. The number of benzene rings is 1. The quantitative estimate of drug-likeness (QED) is 0.791. The highest BCUT2D eigenvalue weighted by molar-refractivity contribution is 5.25. The average molecular weight is 257 g/mol. The standard InChI is InChI=1S/C14H18F3N/c1-10(2)8-13(18-3)9-11-4-6-12(7-5-11)14(15,16)17/h4-7,13,18H,1,8-9H2,2-3H3. The van der Waals surface area contributed by atoms with Crippen LogP contribution in [-0.2, 0) is 12.6 Å². The van der Waals surface area contributed by atoms with Crippen LogP contribution in [0.2, 0.25) is 0 Å². The first-order chi connectivity index (χ1) is 8.32. The molecule has 1 unspecified atom stereocenters. The van der Waals surface area contributed by atoms with Gasteiger partial charge in [-0.05, 0) is 44.5 Å². The van der Waals surface area contributed by atoms with Gasteiger partial charge in [-0.25, -0.2) is 0 Å². The Morgan fingerprint density at radius 1 is 1.28 bits per heavy atom. The van der Waals surface area contributed by atoms with Crippen LogP contribution in [0, 0.1) is 0 Å². The van der Waals surface area contributed by atoms with Crippen LogP contribution >= 0.6 is 0 Å². The molecule has 0 spiro atoms. The van der Waals surface area contributed by atoms with E-state index >= 15 is 0 Å². The number of likely N-dealkylation sites (N-methyl/N-ethyl adjacent to an activating group) is 1. The lowest BCUT2D eigenvalue weighted by atomic mass is 9.99. The first-order valence-electron chi connectivity index (χ1n) is 5.80. The lowest BCUT2D eigenvalue weighted by Crippen LogP contribution is -2.27. The summed E-state index contributed by atoms with van der Waals surface area (Å²) in [6, 6.07) is 5.53. The summed E-state index contributed by atoms with van der Waals surface area (Å²) in [7, 11) is 1.84. The molecule has 0 radical (unpaired) electrons. The zero-order chi connectivity index (χ0) is 13.8. The molecule has 1 atom stereocenters. The predicted octanol–water partition coefficient (Wildman–Crippen LogP) is 3.80. The van der Waals surface area contributed by atoms with E-state index in [0.717, 1.165) is 29.7 Å². The lowest BCUT2D eigenvalue weighted by molar-refractivity contribution is -0.137. The first-order valence-corrected chi connectivity index (χ1v) is 5.80. The molecule has 1 aromatic carbocycles. The Morgan fingerprint density at radius 2 is 1.83 bits per heavy atom. The number of hydrogen-bond acceptors (Lipinski definition) is 1. The average Bonchev–Trinajstić information content (AvgIpc) is 2.27. The van der Waals surface area contributed by atoms with Crippen molar-refractivity contribution < 1.29 is 13.2 Å². The second-order valence-corrected chi connectivity index (χ2v) is 4.55. The van der Waals surface area contributed by atoms with Crippen LogP contribution in [0.3, 0.4) is 0 Å². The van der Waals surface area contributed by atoms with Crippen molar-refractivity contribution in [1.82, 2.24) is 5.32 Å².